The molecule has 2 rings (SSSR count). The van der Waals surface area contributed by atoms with Crippen molar-refractivity contribution in [2.24, 2.45) is 5.92 Å². The number of nitrogen functional groups attached to an aromatic ring is 1. The first kappa shape index (κ1) is 10.2. The smallest absolute Gasteiger partial charge is 0.221 e. The van der Waals surface area contributed by atoms with Gasteiger partial charge in [-0.1, -0.05) is 6.42 Å². The highest BCUT2D eigenvalue weighted by atomic mass is 16.3. The van der Waals surface area contributed by atoms with Gasteiger partial charge in [-0.3, -0.25) is 0 Å². The van der Waals surface area contributed by atoms with Crippen LogP contribution in [0.2, 0.25) is 0 Å². The largest absolute Gasteiger partial charge is 0.394 e. The molecule has 0 spiro atoms. The average molecular weight is 208 g/mol. The van der Waals surface area contributed by atoms with Crippen LogP contribution in [0.4, 0.5) is 11.8 Å². The fourth-order valence-corrected chi connectivity index (χ4v) is 1.80. The molecule has 1 aromatic heterocycles. The van der Waals surface area contributed by atoms with Gasteiger partial charge in [-0.05, 0) is 24.8 Å². The van der Waals surface area contributed by atoms with Crippen LogP contribution in [0.3, 0.4) is 0 Å². The normalized spacial score (nSPS) is 18.2. The van der Waals surface area contributed by atoms with Crippen molar-refractivity contribution < 1.29 is 5.11 Å². The zero-order chi connectivity index (χ0) is 10.7. The van der Waals surface area contributed by atoms with Crippen LogP contribution in [-0.2, 0) is 0 Å². The number of aliphatic hydroxyl groups excluding tert-OH is 1. The van der Waals surface area contributed by atoms with Crippen molar-refractivity contribution in [3.8, 4) is 0 Å². The van der Waals surface area contributed by atoms with Gasteiger partial charge in [0.15, 0.2) is 0 Å². The van der Waals surface area contributed by atoms with Crippen molar-refractivity contribution in [3.63, 3.8) is 0 Å². The molecule has 82 valence electrons. The Morgan fingerprint density at radius 2 is 2.40 bits per heavy atom. The van der Waals surface area contributed by atoms with E-state index in [9.17, 15) is 5.11 Å². The maximum atomic E-state index is 9.25. The molecular weight excluding hydrogens is 192 g/mol. The topological polar surface area (TPSA) is 84.1 Å². The first-order chi connectivity index (χ1) is 7.29. The van der Waals surface area contributed by atoms with Crippen LogP contribution in [0.15, 0.2) is 12.3 Å². The molecule has 1 aliphatic rings. The summed E-state index contributed by atoms with van der Waals surface area (Å²) in [5.74, 6) is 1.50. The van der Waals surface area contributed by atoms with Crippen molar-refractivity contribution >= 4 is 11.8 Å². The number of nitrogens with one attached hydrogen (secondary N) is 1. The van der Waals surface area contributed by atoms with Crippen LogP contribution in [-0.4, -0.2) is 27.7 Å². The van der Waals surface area contributed by atoms with Gasteiger partial charge in [-0.2, -0.15) is 4.98 Å². The fourth-order valence-electron chi connectivity index (χ4n) is 1.80. The van der Waals surface area contributed by atoms with E-state index in [1.165, 1.54) is 19.3 Å². The molecule has 5 nitrogen and oxygen atoms in total. The van der Waals surface area contributed by atoms with E-state index in [1.807, 2.05) is 0 Å². The van der Waals surface area contributed by atoms with E-state index < -0.39 is 0 Å². The van der Waals surface area contributed by atoms with Gasteiger partial charge < -0.3 is 16.2 Å². The molecule has 1 saturated carbocycles. The molecule has 0 amide bonds. The highest BCUT2D eigenvalue weighted by Crippen LogP contribution is 2.30. The van der Waals surface area contributed by atoms with Crippen LogP contribution in [0.25, 0.3) is 0 Å². The third kappa shape index (κ3) is 2.36. The maximum Gasteiger partial charge on any atom is 0.221 e. The molecule has 0 bridgehead atoms. The second-order valence-corrected chi connectivity index (χ2v) is 3.92. The summed E-state index contributed by atoms with van der Waals surface area (Å²) in [5.41, 5.74) is 5.47. The summed E-state index contributed by atoms with van der Waals surface area (Å²) in [6, 6.07) is 1.85. The van der Waals surface area contributed by atoms with E-state index in [2.05, 4.69) is 15.3 Å². The Labute approximate surface area is 88.7 Å². The minimum Gasteiger partial charge on any atom is -0.394 e. The summed E-state index contributed by atoms with van der Waals surface area (Å²) in [4.78, 5) is 7.86. The number of rotatable bonds is 4. The Morgan fingerprint density at radius 3 is 2.93 bits per heavy atom. The number of anilines is 2. The van der Waals surface area contributed by atoms with Gasteiger partial charge in [0.05, 0.1) is 12.6 Å². The summed E-state index contributed by atoms with van der Waals surface area (Å²) in [7, 11) is 0. The molecule has 1 unspecified atom stereocenters. The van der Waals surface area contributed by atoms with Gasteiger partial charge in [0.25, 0.3) is 0 Å². The van der Waals surface area contributed by atoms with Crippen LogP contribution < -0.4 is 11.1 Å². The van der Waals surface area contributed by atoms with E-state index in [4.69, 9.17) is 5.73 Å². The van der Waals surface area contributed by atoms with E-state index in [0.717, 1.165) is 0 Å². The molecule has 1 atom stereocenters. The lowest BCUT2D eigenvalue weighted by Gasteiger charge is -2.33. The van der Waals surface area contributed by atoms with E-state index in [1.54, 1.807) is 12.3 Å². The summed E-state index contributed by atoms with van der Waals surface area (Å²) in [6.45, 7) is 0.134. The Balaban J connectivity index is 1.99. The first-order valence-electron chi connectivity index (χ1n) is 5.25. The lowest BCUT2D eigenvalue weighted by Crippen LogP contribution is -2.36. The monoisotopic (exact) mass is 208 g/mol. The number of nitrogens with two attached hydrogens (primary N) is 1. The highest BCUT2D eigenvalue weighted by Gasteiger charge is 2.26. The number of aromatic nitrogens is 2. The summed E-state index contributed by atoms with van der Waals surface area (Å²) in [6.07, 6.45) is 5.23. The van der Waals surface area contributed by atoms with Crippen LogP contribution >= 0.6 is 0 Å². The quantitative estimate of drug-likeness (QED) is 0.676. The molecule has 15 heavy (non-hydrogen) atoms. The lowest BCUT2D eigenvalue weighted by molar-refractivity contribution is 0.187. The lowest BCUT2D eigenvalue weighted by atomic mass is 9.80. The van der Waals surface area contributed by atoms with E-state index >= 15 is 0 Å². The molecule has 1 aliphatic carbocycles. The third-order valence-electron chi connectivity index (χ3n) is 2.92. The van der Waals surface area contributed by atoms with E-state index in [-0.39, 0.29) is 18.6 Å². The Morgan fingerprint density at radius 1 is 1.60 bits per heavy atom. The van der Waals surface area contributed by atoms with Crippen molar-refractivity contribution in [3.05, 3.63) is 12.3 Å². The second-order valence-electron chi connectivity index (χ2n) is 3.92. The van der Waals surface area contributed by atoms with Crippen molar-refractivity contribution in [2.45, 2.75) is 25.3 Å². The van der Waals surface area contributed by atoms with Gasteiger partial charge in [0, 0.05) is 6.20 Å². The maximum absolute atomic E-state index is 9.25. The molecule has 5 heteroatoms. The van der Waals surface area contributed by atoms with Crippen LogP contribution in [0, 0.1) is 5.92 Å². The van der Waals surface area contributed by atoms with Crippen LogP contribution in [0.1, 0.15) is 19.3 Å². The van der Waals surface area contributed by atoms with Gasteiger partial charge in [-0.25, -0.2) is 4.98 Å². The first-order valence-corrected chi connectivity index (χ1v) is 5.25. The summed E-state index contributed by atoms with van der Waals surface area (Å²) in [5, 5.41) is 12.4. The number of hydrogen-bond donors (Lipinski definition) is 3. The minimum absolute atomic E-state index is 0.0908. The molecule has 0 aliphatic heterocycles. The van der Waals surface area contributed by atoms with Crippen molar-refractivity contribution in [2.75, 3.05) is 17.7 Å². The Bertz CT molecular complexity index is 327. The summed E-state index contributed by atoms with van der Waals surface area (Å²) < 4.78 is 0. The molecule has 1 aromatic rings. The van der Waals surface area contributed by atoms with Crippen molar-refractivity contribution in [1.82, 2.24) is 9.97 Å². The molecule has 0 aromatic carbocycles. The molecule has 1 fully saturated rings. The van der Waals surface area contributed by atoms with Gasteiger partial charge in [0.2, 0.25) is 5.95 Å². The predicted molar refractivity (Wildman–Crippen MR) is 58.3 cm³/mol. The van der Waals surface area contributed by atoms with Gasteiger partial charge >= 0.3 is 0 Å². The average Bonchev–Trinajstić information content (AvgIpc) is 2.14. The Hall–Kier alpha value is -1.36. The predicted octanol–water partition coefficient (Wildman–Crippen LogP) is 0.632. The fraction of sp³-hybridized carbons (Fsp3) is 0.600. The van der Waals surface area contributed by atoms with Crippen molar-refractivity contribution in [1.29, 1.82) is 0 Å². The molecule has 1 heterocycles. The molecular formula is C10H16N4O. The SMILES string of the molecule is Nc1nccc(NC(CO)C2CCC2)n1. The minimum atomic E-state index is 0.0908. The zero-order valence-electron chi connectivity index (χ0n) is 8.56. The Kier molecular flexibility index (Phi) is 3.01. The standard InChI is InChI=1S/C10H16N4O/c11-10-12-5-4-9(14-10)13-8(6-15)7-2-1-3-7/h4-5,7-8,15H,1-3,6H2,(H3,11,12,13,14). The van der Waals surface area contributed by atoms with Gasteiger partial charge in [-0.15, -0.1) is 0 Å². The molecule has 4 N–H and O–H groups in total. The molecule has 0 saturated heterocycles. The third-order valence-corrected chi connectivity index (χ3v) is 2.92. The molecule has 0 radical (unpaired) electrons. The number of nitrogens with zero attached hydrogens (tertiary/aromatic N) is 2. The number of hydrogen-bond acceptors (Lipinski definition) is 5. The van der Waals surface area contributed by atoms with Gasteiger partial charge in [0.1, 0.15) is 5.82 Å². The second kappa shape index (κ2) is 4.44. The highest BCUT2D eigenvalue weighted by molar-refractivity contribution is 5.38. The number of aliphatic hydroxyl groups is 1. The zero-order valence-corrected chi connectivity index (χ0v) is 8.56. The summed E-state index contributed by atoms with van der Waals surface area (Å²) >= 11 is 0. The van der Waals surface area contributed by atoms with Crippen LogP contribution in [0.5, 0.6) is 0 Å². The van der Waals surface area contributed by atoms with E-state index in [0.29, 0.717) is 11.7 Å².